The molecule has 2 nitrogen and oxygen atoms in total. The largest absolute Gasteiger partial charge is 0.383 e. The predicted molar refractivity (Wildman–Crippen MR) is 56.3 cm³/mol. The molecule has 13 heavy (non-hydrogen) atoms. The van der Waals surface area contributed by atoms with Crippen LogP contribution in [0.3, 0.4) is 0 Å². The van der Waals surface area contributed by atoms with E-state index in [0.29, 0.717) is 12.0 Å². The highest BCUT2D eigenvalue weighted by Crippen LogP contribution is 2.25. The number of halogens is 1. The second kappa shape index (κ2) is 6.63. The molecule has 0 aromatic heterocycles. The van der Waals surface area contributed by atoms with Gasteiger partial charge in [-0.05, 0) is 18.8 Å². The molecule has 0 heterocycles. The SMILES string of the molecule is COCCNC1CCCCC1CCl. The smallest absolute Gasteiger partial charge is 0.0587 e. The molecule has 3 heteroatoms. The first-order valence-corrected chi connectivity index (χ1v) is 5.70. The minimum absolute atomic E-state index is 0.626. The van der Waals surface area contributed by atoms with Crippen LogP contribution in [-0.2, 0) is 4.74 Å². The summed E-state index contributed by atoms with van der Waals surface area (Å²) in [5.41, 5.74) is 0. The number of ether oxygens (including phenoxy) is 1. The lowest BCUT2D eigenvalue weighted by atomic mass is 9.86. The number of hydrogen-bond donors (Lipinski definition) is 1. The maximum atomic E-state index is 5.92. The van der Waals surface area contributed by atoms with Gasteiger partial charge < -0.3 is 10.1 Å². The molecule has 0 radical (unpaired) electrons. The van der Waals surface area contributed by atoms with Crippen molar-refractivity contribution in [3.8, 4) is 0 Å². The number of methoxy groups -OCH3 is 1. The highest BCUT2D eigenvalue weighted by molar-refractivity contribution is 6.18. The zero-order valence-electron chi connectivity index (χ0n) is 8.39. The molecule has 0 aromatic carbocycles. The fourth-order valence-corrected chi connectivity index (χ4v) is 2.38. The van der Waals surface area contributed by atoms with Gasteiger partial charge in [0.2, 0.25) is 0 Å². The van der Waals surface area contributed by atoms with Crippen LogP contribution in [0.2, 0.25) is 0 Å². The molecule has 1 N–H and O–H groups in total. The van der Waals surface area contributed by atoms with Crippen molar-refractivity contribution in [3.63, 3.8) is 0 Å². The monoisotopic (exact) mass is 205 g/mol. The summed E-state index contributed by atoms with van der Waals surface area (Å²) in [6.07, 6.45) is 5.26. The van der Waals surface area contributed by atoms with Gasteiger partial charge in [0, 0.05) is 25.6 Å². The Hall–Kier alpha value is 0.210. The molecule has 0 aliphatic heterocycles. The van der Waals surface area contributed by atoms with Crippen LogP contribution in [-0.4, -0.2) is 32.2 Å². The summed E-state index contributed by atoms with van der Waals surface area (Å²) in [5, 5.41) is 3.51. The van der Waals surface area contributed by atoms with E-state index in [1.165, 1.54) is 25.7 Å². The summed E-state index contributed by atoms with van der Waals surface area (Å²) < 4.78 is 5.01. The molecule has 1 aliphatic rings. The van der Waals surface area contributed by atoms with Crippen molar-refractivity contribution < 1.29 is 4.74 Å². The molecular formula is C10H20ClNO. The van der Waals surface area contributed by atoms with Gasteiger partial charge in [-0.25, -0.2) is 0 Å². The van der Waals surface area contributed by atoms with E-state index in [-0.39, 0.29) is 0 Å². The zero-order valence-corrected chi connectivity index (χ0v) is 9.15. The molecule has 2 unspecified atom stereocenters. The molecule has 0 spiro atoms. The van der Waals surface area contributed by atoms with Gasteiger partial charge in [0.05, 0.1) is 6.61 Å². The average Bonchev–Trinajstić information content (AvgIpc) is 2.19. The Labute approximate surface area is 86.0 Å². The first-order valence-electron chi connectivity index (χ1n) is 5.16. The predicted octanol–water partition coefficient (Wildman–Crippen LogP) is 2.02. The molecule has 2 atom stereocenters. The number of nitrogens with one attached hydrogen (secondary N) is 1. The summed E-state index contributed by atoms with van der Waals surface area (Å²) in [7, 11) is 1.74. The van der Waals surface area contributed by atoms with Gasteiger partial charge in [0.25, 0.3) is 0 Å². The minimum atomic E-state index is 0.626. The molecular weight excluding hydrogens is 186 g/mol. The Morgan fingerprint density at radius 1 is 1.38 bits per heavy atom. The molecule has 1 fully saturated rings. The maximum Gasteiger partial charge on any atom is 0.0587 e. The third-order valence-electron chi connectivity index (χ3n) is 2.82. The summed E-state index contributed by atoms with van der Waals surface area (Å²) in [6.45, 7) is 1.75. The van der Waals surface area contributed by atoms with Crippen LogP contribution in [0, 0.1) is 5.92 Å². The number of alkyl halides is 1. The van der Waals surface area contributed by atoms with E-state index in [9.17, 15) is 0 Å². The molecule has 0 bridgehead atoms. The second-order valence-corrected chi connectivity index (χ2v) is 4.06. The first kappa shape index (κ1) is 11.3. The van der Waals surface area contributed by atoms with Crippen molar-refractivity contribution >= 4 is 11.6 Å². The van der Waals surface area contributed by atoms with Gasteiger partial charge in [-0.1, -0.05) is 12.8 Å². The topological polar surface area (TPSA) is 21.3 Å². The summed E-state index contributed by atoms with van der Waals surface area (Å²) >= 11 is 5.92. The van der Waals surface area contributed by atoms with Crippen LogP contribution in [0.1, 0.15) is 25.7 Å². The molecule has 0 amide bonds. The molecule has 0 aromatic rings. The molecule has 1 saturated carbocycles. The third kappa shape index (κ3) is 3.84. The lowest BCUT2D eigenvalue weighted by Crippen LogP contribution is -2.40. The van der Waals surface area contributed by atoms with Gasteiger partial charge in [-0.15, -0.1) is 11.6 Å². The average molecular weight is 206 g/mol. The van der Waals surface area contributed by atoms with Crippen molar-refractivity contribution in [2.75, 3.05) is 26.1 Å². The van der Waals surface area contributed by atoms with Crippen molar-refractivity contribution in [2.45, 2.75) is 31.7 Å². The summed E-state index contributed by atoms with van der Waals surface area (Å²) in [4.78, 5) is 0. The standard InChI is InChI=1S/C10H20ClNO/c1-13-7-6-12-10-5-3-2-4-9(10)8-11/h9-10,12H,2-8H2,1H3. The Morgan fingerprint density at radius 2 is 2.15 bits per heavy atom. The number of rotatable bonds is 5. The number of hydrogen-bond acceptors (Lipinski definition) is 2. The van der Waals surface area contributed by atoms with E-state index in [1.807, 2.05) is 0 Å². The summed E-state index contributed by atoms with van der Waals surface area (Å²) in [5.74, 6) is 1.47. The van der Waals surface area contributed by atoms with Crippen LogP contribution in [0.5, 0.6) is 0 Å². The van der Waals surface area contributed by atoms with Gasteiger partial charge in [0.1, 0.15) is 0 Å². The van der Waals surface area contributed by atoms with Crippen molar-refractivity contribution in [1.29, 1.82) is 0 Å². The van der Waals surface area contributed by atoms with E-state index in [2.05, 4.69) is 5.32 Å². The van der Waals surface area contributed by atoms with Gasteiger partial charge >= 0.3 is 0 Å². The summed E-state index contributed by atoms with van der Waals surface area (Å²) in [6, 6.07) is 0.626. The highest BCUT2D eigenvalue weighted by atomic mass is 35.5. The van der Waals surface area contributed by atoms with Crippen LogP contribution in [0.15, 0.2) is 0 Å². The van der Waals surface area contributed by atoms with Crippen LogP contribution >= 0.6 is 11.6 Å². The lowest BCUT2D eigenvalue weighted by molar-refractivity contribution is 0.184. The zero-order chi connectivity index (χ0) is 9.52. The Balaban J connectivity index is 2.19. The second-order valence-electron chi connectivity index (χ2n) is 3.75. The minimum Gasteiger partial charge on any atom is -0.383 e. The Morgan fingerprint density at radius 3 is 2.85 bits per heavy atom. The van der Waals surface area contributed by atoms with E-state index < -0.39 is 0 Å². The van der Waals surface area contributed by atoms with Gasteiger partial charge in [-0.2, -0.15) is 0 Å². The van der Waals surface area contributed by atoms with Crippen LogP contribution in [0.4, 0.5) is 0 Å². The third-order valence-corrected chi connectivity index (χ3v) is 3.22. The molecule has 1 aliphatic carbocycles. The van der Waals surface area contributed by atoms with E-state index >= 15 is 0 Å². The van der Waals surface area contributed by atoms with E-state index in [4.69, 9.17) is 16.3 Å². The van der Waals surface area contributed by atoms with Crippen molar-refractivity contribution in [3.05, 3.63) is 0 Å². The Bertz CT molecular complexity index is 132. The van der Waals surface area contributed by atoms with E-state index in [1.54, 1.807) is 7.11 Å². The van der Waals surface area contributed by atoms with Gasteiger partial charge in [0.15, 0.2) is 0 Å². The molecule has 78 valence electrons. The van der Waals surface area contributed by atoms with Crippen molar-refractivity contribution in [2.24, 2.45) is 5.92 Å². The molecule has 1 rings (SSSR count). The van der Waals surface area contributed by atoms with Crippen molar-refractivity contribution in [1.82, 2.24) is 5.32 Å². The lowest BCUT2D eigenvalue weighted by Gasteiger charge is -2.30. The Kier molecular flexibility index (Phi) is 5.76. The van der Waals surface area contributed by atoms with Crippen LogP contribution in [0.25, 0.3) is 0 Å². The fraction of sp³-hybridized carbons (Fsp3) is 1.00. The van der Waals surface area contributed by atoms with Gasteiger partial charge in [-0.3, -0.25) is 0 Å². The van der Waals surface area contributed by atoms with Crippen LogP contribution < -0.4 is 5.32 Å². The maximum absolute atomic E-state index is 5.92. The quantitative estimate of drug-likeness (QED) is 0.548. The fourth-order valence-electron chi connectivity index (χ4n) is 2.01. The molecule has 0 saturated heterocycles. The normalized spacial score (nSPS) is 29.1. The highest BCUT2D eigenvalue weighted by Gasteiger charge is 2.23. The first-order chi connectivity index (χ1) is 6.38. The van der Waals surface area contributed by atoms with E-state index in [0.717, 1.165) is 19.0 Å².